The van der Waals surface area contributed by atoms with Gasteiger partial charge in [-0.25, -0.2) is 4.79 Å². The molecule has 2 rings (SSSR count). The van der Waals surface area contributed by atoms with Gasteiger partial charge in [0.1, 0.15) is 0 Å². The Balaban J connectivity index is 2.51. The number of nitrogens with one attached hydrogen (secondary N) is 1. The third-order valence-electron chi connectivity index (χ3n) is 3.54. The largest absolute Gasteiger partial charge is 0.467 e. The molecule has 0 aliphatic heterocycles. The second kappa shape index (κ2) is 6.19. The Kier molecular flexibility index (Phi) is 4.53. The molecule has 0 saturated heterocycles. The summed E-state index contributed by atoms with van der Waals surface area (Å²) in [4.78, 5) is 12.4. The molecule has 4 heteroatoms. The summed E-state index contributed by atoms with van der Waals surface area (Å²) in [7, 11) is 1.37. The van der Waals surface area contributed by atoms with Gasteiger partial charge in [0.25, 0.3) is 0 Å². The monoisotopic (exact) mass is 303 g/mol. The lowest BCUT2D eigenvalue weighted by Gasteiger charge is -2.31. The van der Waals surface area contributed by atoms with Gasteiger partial charge in [-0.15, -0.1) is 0 Å². The Labute approximate surface area is 129 Å². The van der Waals surface area contributed by atoms with Gasteiger partial charge in [0.2, 0.25) is 0 Å². The molecule has 0 radical (unpaired) electrons. The van der Waals surface area contributed by atoms with Gasteiger partial charge in [0.05, 0.1) is 7.11 Å². The van der Waals surface area contributed by atoms with Gasteiger partial charge in [-0.1, -0.05) is 48.0 Å². The molecular weight excluding hydrogens is 286 g/mol. The van der Waals surface area contributed by atoms with Crippen LogP contribution < -0.4 is 5.32 Å². The van der Waals surface area contributed by atoms with E-state index in [0.717, 1.165) is 11.3 Å². The molecule has 0 saturated carbocycles. The Morgan fingerprint density at radius 2 is 1.76 bits per heavy atom. The van der Waals surface area contributed by atoms with E-state index in [1.807, 2.05) is 49.4 Å². The van der Waals surface area contributed by atoms with Crippen LogP contribution in [0.1, 0.15) is 18.1 Å². The predicted molar refractivity (Wildman–Crippen MR) is 85.6 cm³/mol. The van der Waals surface area contributed by atoms with Crippen molar-refractivity contribution in [3.05, 3.63) is 64.7 Å². The summed E-state index contributed by atoms with van der Waals surface area (Å²) in [5, 5.41) is 3.79. The molecule has 1 N–H and O–H groups in total. The molecule has 0 aliphatic carbocycles. The van der Waals surface area contributed by atoms with Crippen molar-refractivity contribution < 1.29 is 9.53 Å². The van der Waals surface area contributed by atoms with Crippen LogP contribution in [-0.2, 0) is 15.1 Å². The third kappa shape index (κ3) is 3.03. The van der Waals surface area contributed by atoms with E-state index < -0.39 is 5.54 Å². The number of carbonyl (C=O) groups excluding carboxylic acids is 1. The number of hydrogen-bond acceptors (Lipinski definition) is 3. The van der Waals surface area contributed by atoms with Crippen molar-refractivity contribution in [3.8, 4) is 0 Å². The van der Waals surface area contributed by atoms with Crippen LogP contribution in [-0.4, -0.2) is 13.1 Å². The highest BCUT2D eigenvalue weighted by Gasteiger charge is 2.38. The van der Waals surface area contributed by atoms with Crippen molar-refractivity contribution in [2.75, 3.05) is 12.4 Å². The van der Waals surface area contributed by atoms with Crippen molar-refractivity contribution in [2.45, 2.75) is 19.4 Å². The number of carbonyl (C=O) groups is 1. The van der Waals surface area contributed by atoms with Crippen molar-refractivity contribution >= 4 is 23.3 Å². The lowest BCUT2D eigenvalue weighted by molar-refractivity contribution is -0.145. The molecule has 110 valence electrons. The number of aryl methyl sites for hydroxylation is 1. The maximum atomic E-state index is 12.4. The van der Waals surface area contributed by atoms with Crippen LogP contribution in [0.15, 0.2) is 48.5 Å². The van der Waals surface area contributed by atoms with E-state index in [2.05, 4.69) is 5.32 Å². The lowest BCUT2D eigenvalue weighted by Crippen LogP contribution is -2.42. The van der Waals surface area contributed by atoms with Gasteiger partial charge in [-0.2, -0.15) is 0 Å². The molecule has 0 aliphatic rings. The second-order valence-electron chi connectivity index (χ2n) is 5.04. The quantitative estimate of drug-likeness (QED) is 0.862. The molecule has 21 heavy (non-hydrogen) atoms. The number of rotatable bonds is 4. The molecule has 0 fully saturated rings. The van der Waals surface area contributed by atoms with Gasteiger partial charge in [-0.3, -0.25) is 0 Å². The molecule has 0 bridgehead atoms. The highest BCUT2D eigenvalue weighted by Crippen LogP contribution is 2.33. The van der Waals surface area contributed by atoms with Crippen molar-refractivity contribution in [3.63, 3.8) is 0 Å². The SMILES string of the molecule is COC(=O)C(C)(Nc1ccccc1C)c1ccccc1Cl. The van der Waals surface area contributed by atoms with Gasteiger partial charge < -0.3 is 10.1 Å². The number of halogens is 1. The first-order chi connectivity index (χ1) is 9.99. The van der Waals surface area contributed by atoms with E-state index in [-0.39, 0.29) is 5.97 Å². The zero-order valence-electron chi connectivity index (χ0n) is 12.3. The summed E-state index contributed by atoms with van der Waals surface area (Å²) in [5.41, 5.74) is 1.53. The molecule has 0 aromatic heterocycles. The number of para-hydroxylation sites is 1. The van der Waals surface area contributed by atoms with Gasteiger partial charge >= 0.3 is 5.97 Å². The molecule has 0 amide bonds. The smallest absolute Gasteiger partial charge is 0.335 e. The van der Waals surface area contributed by atoms with Gasteiger partial charge in [0, 0.05) is 16.3 Å². The zero-order valence-corrected chi connectivity index (χ0v) is 13.1. The summed E-state index contributed by atoms with van der Waals surface area (Å²) in [6.07, 6.45) is 0. The Hall–Kier alpha value is -2.00. The Morgan fingerprint density at radius 1 is 1.14 bits per heavy atom. The summed E-state index contributed by atoms with van der Waals surface area (Å²) < 4.78 is 4.98. The fraction of sp³-hybridized carbons (Fsp3) is 0.235. The molecule has 3 nitrogen and oxygen atoms in total. The van der Waals surface area contributed by atoms with Crippen molar-refractivity contribution in [1.82, 2.24) is 0 Å². The van der Waals surface area contributed by atoms with Crippen molar-refractivity contribution in [2.24, 2.45) is 0 Å². The molecule has 0 spiro atoms. The molecule has 1 atom stereocenters. The van der Waals surface area contributed by atoms with Crippen LogP contribution in [0.5, 0.6) is 0 Å². The standard InChI is InChI=1S/C17H18ClNO2/c1-12-8-4-7-11-15(12)19-17(2,16(20)21-3)13-9-5-6-10-14(13)18/h4-11,19H,1-3H3. The van der Waals surface area contributed by atoms with E-state index in [1.54, 1.807) is 13.0 Å². The van der Waals surface area contributed by atoms with Crippen molar-refractivity contribution in [1.29, 1.82) is 0 Å². The topological polar surface area (TPSA) is 38.3 Å². The van der Waals surface area contributed by atoms with Crippen LogP contribution in [0.2, 0.25) is 5.02 Å². The average Bonchev–Trinajstić information content (AvgIpc) is 2.49. The number of anilines is 1. The highest BCUT2D eigenvalue weighted by molar-refractivity contribution is 6.31. The molecule has 1 unspecified atom stereocenters. The van der Waals surface area contributed by atoms with Crippen LogP contribution in [0.3, 0.4) is 0 Å². The van der Waals surface area contributed by atoms with Crippen LogP contribution in [0.4, 0.5) is 5.69 Å². The average molecular weight is 304 g/mol. The maximum absolute atomic E-state index is 12.4. The van der Waals surface area contributed by atoms with Gasteiger partial charge in [0.15, 0.2) is 5.54 Å². The van der Waals surface area contributed by atoms with Crippen LogP contribution >= 0.6 is 11.6 Å². The van der Waals surface area contributed by atoms with E-state index in [4.69, 9.17) is 16.3 Å². The number of esters is 1. The number of ether oxygens (including phenoxy) is 1. The Bertz CT molecular complexity index is 657. The third-order valence-corrected chi connectivity index (χ3v) is 3.87. The summed E-state index contributed by atoms with van der Waals surface area (Å²) in [6, 6.07) is 15.0. The Morgan fingerprint density at radius 3 is 2.38 bits per heavy atom. The number of methoxy groups -OCH3 is 1. The summed E-state index contributed by atoms with van der Waals surface area (Å²) >= 11 is 6.27. The van der Waals surface area contributed by atoms with E-state index in [0.29, 0.717) is 10.6 Å². The minimum atomic E-state index is -1.06. The highest BCUT2D eigenvalue weighted by atomic mass is 35.5. The number of benzene rings is 2. The minimum Gasteiger partial charge on any atom is -0.467 e. The van der Waals surface area contributed by atoms with E-state index in [1.165, 1.54) is 7.11 Å². The fourth-order valence-electron chi connectivity index (χ4n) is 2.28. The van der Waals surface area contributed by atoms with E-state index >= 15 is 0 Å². The lowest BCUT2D eigenvalue weighted by atomic mass is 9.91. The number of hydrogen-bond donors (Lipinski definition) is 1. The summed E-state index contributed by atoms with van der Waals surface area (Å²) in [6.45, 7) is 3.75. The van der Waals surface area contributed by atoms with E-state index in [9.17, 15) is 4.79 Å². The first-order valence-corrected chi connectivity index (χ1v) is 7.04. The minimum absolute atomic E-state index is 0.390. The first-order valence-electron chi connectivity index (χ1n) is 6.66. The summed E-state index contributed by atoms with van der Waals surface area (Å²) in [5.74, 6) is -0.390. The van der Waals surface area contributed by atoms with Gasteiger partial charge in [-0.05, 0) is 31.5 Å². The first kappa shape index (κ1) is 15.4. The van der Waals surface area contributed by atoms with Crippen LogP contribution in [0.25, 0.3) is 0 Å². The van der Waals surface area contributed by atoms with Crippen LogP contribution in [0, 0.1) is 6.92 Å². The fourth-order valence-corrected chi connectivity index (χ4v) is 2.61. The normalized spacial score (nSPS) is 13.3. The second-order valence-corrected chi connectivity index (χ2v) is 5.44. The predicted octanol–water partition coefficient (Wildman–Crippen LogP) is 4.15. The molecule has 2 aromatic rings. The molecular formula is C17H18ClNO2. The molecule has 0 heterocycles. The zero-order chi connectivity index (χ0) is 15.5. The maximum Gasteiger partial charge on any atom is 0.335 e. The molecule has 2 aromatic carbocycles.